The third-order valence-electron chi connectivity index (χ3n) is 6.57. The highest BCUT2D eigenvalue weighted by molar-refractivity contribution is 7.89. The van der Waals surface area contributed by atoms with Gasteiger partial charge < -0.3 is 10.1 Å². The molecular weight excluding hydrogens is 421 g/mol. The molecule has 2 fully saturated rings. The molecule has 31 heavy (non-hydrogen) atoms. The molecule has 3 rings (SSSR count). The monoisotopic (exact) mass is 455 g/mol. The molecule has 0 radical (unpaired) electrons. The van der Waals surface area contributed by atoms with Gasteiger partial charge in [-0.1, -0.05) is 33.1 Å². The zero-order chi connectivity index (χ0) is 22.5. The largest absolute Gasteiger partial charge is 0.379 e. The van der Waals surface area contributed by atoms with Crippen LogP contribution in [0.1, 0.15) is 56.3 Å². The molecule has 1 aliphatic heterocycles. The van der Waals surface area contributed by atoms with Crippen LogP contribution in [0.4, 0.5) is 4.39 Å². The van der Waals surface area contributed by atoms with Crippen molar-refractivity contribution in [1.29, 1.82) is 0 Å². The molecule has 174 valence electrons. The van der Waals surface area contributed by atoms with E-state index >= 15 is 0 Å². The molecule has 1 saturated heterocycles. The zero-order valence-corrected chi connectivity index (χ0v) is 19.3. The first-order valence-corrected chi connectivity index (χ1v) is 12.7. The predicted molar refractivity (Wildman–Crippen MR) is 117 cm³/mol. The standard InChI is InChI=1S/C22H34FN3O4S/c1-3-26(4-2)31(28,29)18-8-9-20(23)19(16-18)21(27)24-17-22(10-6-5-7-11-22)25-12-14-30-15-13-25/h8-9,16H,3-7,10-15,17H2,1-2H3,(H,24,27). The summed E-state index contributed by atoms with van der Waals surface area (Å²) >= 11 is 0. The van der Waals surface area contributed by atoms with E-state index in [0.29, 0.717) is 32.8 Å². The van der Waals surface area contributed by atoms with E-state index in [1.165, 1.54) is 16.8 Å². The summed E-state index contributed by atoms with van der Waals surface area (Å²) in [5.74, 6) is -1.30. The predicted octanol–water partition coefficient (Wildman–Crippen LogP) is 2.62. The van der Waals surface area contributed by atoms with Gasteiger partial charge in [-0.25, -0.2) is 12.8 Å². The highest BCUT2D eigenvalue weighted by atomic mass is 32.2. The van der Waals surface area contributed by atoms with Crippen LogP contribution in [-0.2, 0) is 14.8 Å². The van der Waals surface area contributed by atoms with Gasteiger partial charge >= 0.3 is 0 Å². The summed E-state index contributed by atoms with van der Waals surface area (Å²) in [6.45, 7) is 7.51. The fourth-order valence-electron chi connectivity index (χ4n) is 4.74. The van der Waals surface area contributed by atoms with E-state index in [-0.39, 0.29) is 16.0 Å². The Bertz CT molecular complexity index is 862. The highest BCUT2D eigenvalue weighted by Gasteiger charge is 2.39. The van der Waals surface area contributed by atoms with E-state index in [4.69, 9.17) is 4.74 Å². The Morgan fingerprint density at radius 2 is 1.81 bits per heavy atom. The lowest BCUT2D eigenvalue weighted by Crippen LogP contribution is -2.59. The van der Waals surface area contributed by atoms with Crippen LogP contribution in [0.3, 0.4) is 0 Å². The highest BCUT2D eigenvalue weighted by Crippen LogP contribution is 2.34. The Kier molecular flexibility index (Phi) is 8.07. The maximum absolute atomic E-state index is 14.5. The normalized spacial score (nSPS) is 20.0. The number of nitrogens with one attached hydrogen (secondary N) is 1. The molecule has 0 aromatic heterocycles. The summed E-state index contributed by atoms with van der Waals surface area (Å²) in [5, 5.41) is 2.91. The molecule has 9 heteroatoms. The average Bonchev–Trinajstić information content (AvgIpc) is 2.79. The SMILES string of the molecule is CCN(CC)S(=O)(=O)c1ccc(F)c(C(=O)NCC2(N3CCOCC3)CCCCC2)c1. The number of carbonyl (C=O) groups excluding carboxylic acids is 1. The second-order valence-electron chi connectivity index (χ2n) is 8.30. The Hall–Kier alpha value is -1.55. The van der Waals surface area contributed by atoms with E-state index in [0.717, 1.165) is 50.9 Å². The van der Waals surface area contributed by atoms with E-state index in [1.54, 1.807) is 13.8 Å². The Labute approximate surface area is 185 Å². The molecule has 1 aliphatic carbocycles. The number of carbonyl (C=O) groups is 1. The molecule has 1 N–H and O–H groups in total. The first-order valence-electron chi connectivity index (χ1n) is 11.2. The number of morpholine rings is 1. The lowest BCUT2D eigenvalue weighted by atomic mass is 9.79. The van der Waals surface area contributed by atoms with Crippen molar-refractivity contribution in [1.82, 2.24) is 14.5 Å². The van der Waals surface area contributed by atoms with Crippen LogP contribution in [0, 0.1) is 5.82 Å². The van der Waals surface area contributed by atoms with Crippen LogP contribution in [0.2, 0.25) is 0 Å². The molecule has 1 aromatic carbocycles. The smallest absolute Gasteiger partial charge is 0.254 e. The summed E-state index contributed by atoms with van der Waals surface area (Å²) in [7, 11) is -3.77. The van der Waals surface area contributed by atoms with Gasteiger partial charge in [-0.15, -0.1) is 0 Å². The maximum atomic E-state index is 14.5. The van der Waals surface area contributed by atoms with Crippen molar-refractivity contribution >= 4 is 15.9 Å². The Balaban J connectivity index is 1.79. The molecule has 1 aromatic rings. The molecule has 1 amide bonds. The number of hydrogen-bond acceptors (Lipinski definition) is 5. The van der Waals surface area contributed by atoms with Crippen molar-refractivity contribution in [2.45, 2.75) is 56.4 Å². The van der Waals surface area contributed by atoms with Gasteiger partial charge in [-0.05, 0) is 31.0 Å². The first kappa shape index (κ1) is 24.1. The van der Waals surface area contributed by atoms with Gasteiger partial charge in [0.25, 0.3) is 5.91 Å². The topological polar surface area (TPSA) is 79.0 Å². The van der Waals surface area contributed by atoms with E-state index in [2.05, 4.69) is 10.2 Å². The number of halogens is 1. The Morgan fingerprint density at radius 3 is 2.42 bits per heavy atom. The van der Waals surface area contributed by atoms with Crippen LogP contribution in [0.25, 0.3) is 0 Å². The first-order chi connectivity index (χ1) is 14.8. The number of sulfonamides is 1. The summed E-state index contributed by atoms with van der Waals surface area (Å²) in [6.07, 6.45) is 5.33. The number of ether oxygens (including phenoxy) is 1. The molecule has 0 atom stereocenters. The maximum Gasteiger partial charge on any atom is 0.254 e. The van der Waals surface area contributed by atoms with Gasteiger partial charge in [-0.2, -0.15) is 4.31 Å². The number of benzene rings is 1. The zero-order valence-electron chi connectivity index (χ0n) is 18.5. The molecule has 1 saturated carbocycles. The van der Waals surface area contributed by atoms with Gasteiger partial charge in [0, 0.05) is 38.3 Å². The third kappa shape index (κ3) is 5.27. The summed E-state index contributed by atoms with van der Waals surface area (Å²) < 4.78 is 46.9. The number of rotatable bonds is 8. The van der Waals surface area contributed by atoms with Crippen molar-refractivity contribution in [3.63, 3.8) is 0 Å². The minimum atomic E-state index is -3.77. The van der Waals surface area contributed by atoms with E-state index in [9.17, 15) is 17.6 Å². The van der Waals surface area contributed by atoms with Gasteiger partial charge in [-0.3, -0.25) is 9.69 Å². The van der Waals surface area contributed by atoms with Gasteiger partial charge in [0.1, 0.15) is 5.82 Å². The quantitative estimate of drug-likeness (QED) is 0.652. The fourth-order valence-corrected chi connectivity index (χ4v) is 6.23. The minimum Gasteiger partial charge on any atom is -0.379 e. The summed E-state index contributed by atoms with van der Waals surface area (Å²) in [5.41, 5.74) is -0.389. The second kappa shape index (κ2) is 10.4. The third-order valence-corrected chi connectivity index (χ3v) is 8.62. The Morgan fingerprint density at radius 1 is 1.16 bits per heavy atom. The van der Waals surface area contributed by atoms with E-state index in [1.807, 2.05) is 0 Å². The molecule has 2 aliphatic rings. The summed E-state index contributed by atoms with van der Waals surface area (Å²) in [4.78, 5) is 15.2. The lowest BCUT2D eigenvalue weighted by Gasteiger charge is -2.48. The van der Waals surface area contributed by atoms with Gasteiger partial charge in [0.2, 0.25) is 10.0 Å². The number of amides is 1. The fraction of sp³-hybridized carbons (Fsp3) is 0.682. The minimum absolute atomic E-state index is 0.0664. The van der Waals surface area contributed by atoms with Crippen molar-refractivity contribution in [2.75, 3.05) is 45.9 Å². The van der Waals surface area contributed by atoms with E-state index < -0.39 is 21.7 Å². The van der Waals surface area contributed by atoms with Crippen molar-refractivity contribution < 1.29 is 22.3 Å². The van der Waals surface area contributed by atoms with Crippen LogP contribution in [0.5, 0.6) is 0 Å². The molecule has 0 unspecified atom stereocenters. The van der Waals surface area contributed by atoms with Gasteiger partial charge in [0.05, 0.1) is 23.7 Å². The van der Waals surface area contributed by atoms with Crippen molar-refractivity contribution in [3.05, 3.63) is 29.6 Å². The average molecular weight is 456 g/mol. The number of nitrogens with zero attached hydrogens (tertiary/aromatic N) is 2. The molecule has 0 bridgehead atoms. The van der Waals surface area contributed by atoms with Crippen LogP contribution >= 0.6 is 0 Å². The molecule has 1 heterocycles. The summed E-state index contributed by atoms with van der Waals surface area (Å²) in [6, 6.07) is 3.43. The van der Waals surface area contributed by atoms with Crippen LogP contribution in [0.15, 0.2) is 23.1 Å². The van der Waals surface area contributed by atoms with Crippen molar-refractivity contribution in [3.8, 4) is 0 Å². The number of hydrogen-bond donors (Lipinski definition) is 1. The van der Waals surface area contributed by atoms with Crippen LogP contribution in [-0.4, -0.2) is 75.0 Å². The molecule has 7 nitrogen and oxygen atoms in total. The van der Waals surface area contributed by atoms with Crippen LogP contribution < -0.4 is 5.32 Å². The molecular formula is C22H34FN3O4S. The second-order valence-corrected chi connectivity index (χ2v) is 10.2. The van der Waals surface area contributed by atoms with Gasteiger partial charge in [0.15, 0.2) is 0 Å². The van der Waals surface area contributed by atoms with Crippen molar-refractivity contribution in [2.24, 2.45) is 0 Å². The lowest BCUT2D eigenvalue weighted by molar-refractivity contribution is -0.0361. The molecule has 0 spiro atoms.